The van der Waals surface area contributed by atoms with Crippen LogP contribution in [-0.2, 0) is 50.9 Å². The molecule has 0 aliphatic carbocycles. The zero-order valence-electron chi connectivity index (χ0n) is 26.9. The standard InChI is InChI=1S/C30H38N2O15P2/c1-29(2)43-23-19(41-21(25(23)45-29)15-7-5-9-17(11-15)27(31)33)13-39-48(35,36)47-49(37,38)40-14-20-24-26(46-30(3,4)44-24)22(42-20)16-8-6-10-18(12-16)28(32)34/h5-12,19-26H,13-14H2,1-4H3,(H2,31,33)(H2,32,34)(H,35,36)(H,37,38)/t19-,20-,21+,22+,23-,24-,25+,26+/m1/s1. The molecule has 0 bridgehead atoms. The lowest BCUT2D eigenvalue weighted by Crippen LogP contribution is -2.33. The summed E-state index contributed by atoms with van der Waals surface area (Å²) < 4.78 is 76.6. The molecule has 4 aliphatic rings. The van der Waals surface area contributed by atoms with Gasteiger partial charge in [-0.05, 0) is 63.1 Å². The van der Waals surface area contributed by atoms with E-state index in [1.807, 2.05) is 0 Å². The first-order valence-corrected chi connectivity index (χ1v) is 18.3. The lowest BCUT2D eigenvalue weighted by atomic mass is 10.00. The van der Waals surface area contributed by atoms with E-state index in [0.29, 0.717) is 11.1 Å². The fourth-order valence-corrected chi connectivity index (χ4v) is 8.51. The van der Waals surface area contributed by atoms with Crippen LogP contribution in [0.2, 0.25) is 0 Å². The predicted molar refractivity (Wildman–Crippen MR) is 165 cm³/mol. The Kier molecular flexibility index (Phi) is 9.74. The van der Waals surface area contributed by atoms with Crippen LogP contribution in [0.4, 0.5) is 0 Å². The highest BCUT2D eigenvalue weighted by atomic mass is 31.3. The molecule has 0 spiro atoms. The van der Waals surface area contributed by atoms with Crippen LogP contribution in [0.25, 0.3) is 0 Å². The molecule has 4 fully saturated rings. The second-order valence-electron chi connectivity index (χ2n) is 12.9. The highest BCUT2D eigenvalue weighted by Crippen LogP contribution is 2.61. The molecule has 0 aromatic heterocycles. The molecule has 49 heavy (non-hydrogen) atoms. The number of hydrogen-bond donors (Lipinski definition) is 4. The van der Waals surface area contributed by atoms with E-state index in [0.717, 1.165) is 0 Å². The van der Waals surface area contributed by atoms with Gasteiger partial charge in [0.1, 0.15) is 48.8 Å². The summed E-state index contributed by atoms with van der Waals surface area (Å²) in [5.41, 5.74) is 12.4. The number of benzene rings is 2. The number of primary amides is 2. The summed E-state index contributed by atoms with van der Waals surface area (Å²) in [6.45, 7) is 5.50. The molecule has 6 N–H and O–H groups in total. The smallest absolute Gasteiger partial charge is 0.366 e. The molecule has 2 aromatic carbocycles. The first-order valence-electron chi connectivity index (χ1n) is 15.3. The van der Waals surface area contributed by atoms with Gasteiger partial charge in [-0.3, -0.25) is 18.6 Å². The molecule has 19 heteroatoms. The Hall–Kier alpha value is -2.60. The van der Waals surface area contributed by atoms with Gasteiger partial charge in [0.05, 0.1) is 13.2 Å². The number of fused-ring (bicyclic) bond motifs is 2. The van der Waals surface area contributed by atoms with Crippen LogP contribution in [0.5, 0.6) is 0 Å². The maximum atomic E-state index is 12.9. The molecule has 6 rings (SSSR count). The third-order valence-electron chi connectivity index (χ3n) is 8.31. The minimum absolute atomic E-state index is 0.240. The van der Waals surface area contributed by atoms with Crippen molar-refractivity contribution < 1.29 is 70.3 Å². The molecule has 4 aliphatic heterocycles. The van der Waals surface area contributed by atoms with Crippen molar-refractivity contribution in [3.63, 3.8) is 0 Å². The maximum absolute atomic E-state index is 12.9. The number of rotatable bonds is 12. The van der Waals surface area contributed by atoms with E-state index < -0.39 is 101 Å². The minimum atomic E-state index is -5.24. The first-order chi connectivity index (χ1) is 22.8. The Labute approximate surface area is 281 Å². The molecule has 2 unspecified atom stereocenters. The lowest BCUT2D eigenvalue weighted by Gasteiger charge is -2.25. The average molecular weight is 729 g/mol. The molecule has 4 heterocycles. The second kappa shape index (κ2) is 13.2. The Morgan fingerprint density at radius 3 is 1.43 bits per heavy atom. The van der Waals surface area contributed by atoms with Crippen molar-refractivity contribution in [3.05, 3.63) is 70.8 Å². The van der Waals surface area contributed by atoms with Crippen molar-refractivity contribution in [2.24, 2.45) is 11.5 Å². The molecule has 10 atom stereocenters. The zero-order chi connectivity index (χ0) is 35.5. The monoisotopic (exact) mass is 728 g/mol. The zero-order valence-corrected chi connectivity index (χ0v) is 28.7. The van der Waals surface area contributed by atoms with Gasteiger partial charge >= 0.3 is 15.6 Å². The van der Waals surface area contributed by atoms with Crippen molar-refractivity contribution in [3.8, 4) is 0 Å². The van der Waals surface area contributed by atoms with Gasteiger partial charge in [0.2, 0.25) is 11.8 Å². The summed E-state index contributed by atoms with van der Waals surface area (Å²) in [6.07, 6.45) is -6.47. The Balaban J connectivity index is 1.09. The number of carbonyl (C=O) groups is 2. The molecule has 0 saturated carbocycles. The third kappa shape index (κ3) is 8.00. The molecule has 4 saturated heterocycles. The predicted octanol–water partition coefficient (Wildman–Crippen LogP) is 2.76. The van der Waals surface area contributed by atoms with Crippen LogP contribution in [-0.4, -0.2) is 83.0 Å². The number of amides is 2. The van der Waals surface area contributed by atoms with Crippen LogP contribution in [0.1, 0.15) is 71.7 Å². The Bertz CT molecular complexity index is 1580. The number of nitrogens with two attached hydrogens (primary N) is 2. The molecule has 17 nitrogen and oxygen atoms in total. The van der Waals surface area contributed by atoms with Crippen LogP contribution in [0, 0.1) is 0 Å². The maximum Gasteiger partial charge on any atom is 0.481 e. The van der Waals surface area contributed by atoms with Gasteiger partial charge in [-0.25, -0.2) is 9.13 Å². The van der Waals surface area contributed by atoms with E-state index >= 15 is 0 Å². The summed E-state index contributed by atoms with van der Waals surface area (Å²) in [6, 6.07) is 12.8. The van der Waals surface area contributed by atoms with Crippen LogP contribution in [0.3, 0.4) is 0 Å². The number of carbonyl (C=O) groups excluding carboxylic acids is 2. The van der Waals surface area contributed by atoms with Gasteiger partial charge < -0.3 is 49.7 Å². The van der Waals surface area contributed by atoms with Crippen molar-refractivity contribution in [2.75, 3.05) is 13.2 Å². The highest BCUT2D eigenvalue weighted by Gasteiger charge is 2.57. The van der Waals surface area contributed by atoms with Crippen molar-refractivity contribution in [2.45, 2.75) is 88.1 Å². The quantitative estimate of drug-likeness (QED) is 0.230. The van der Waals surface area contributed by atoms with Gasteiger partial charge in [-0.15, -0.1) is 0 Å². The van der Waals surface area contributed by atoms with Gasteiger partial charge in [-0.2, -0.15) is 4.31 Å². The van der Waals surface area contributed by atoms with Crippen LogP contribution >= 0.6 is 15.6 Å². The Morgan fingerprint density at radius 2 is 1.06 bits per heavy atom. The summed E-state index contributed by atoms with van der Waals surface area (Å²) in [7, 11) is -10.5. The van der Waals surface area contributed by atoms with Gasteiger partial charge in [0.15, 0.2) is 11.6 Å². The van der Waals surface area contributed by atoms with E-state index in [4.69, 9.17) is 48.9 Å². The SMILES string of the molecule is CC1(C)O[C@@H]2[C@H](O1)[C@@H](COP(=O)(O)OP(=O)(O)OC[C@H]1O[C@@H](c3cccc(C(N)=O)c3)[C@@H]3OC(C)(C)O[C@@H]31)O[C@H]2c1cccc(C(N)=O)c1. The van der Waals surface area contributed by atoms with Crippen LogP contribution in [0.15, 0.2) is 48.5 Å². The van der Waals surface area contributed by atoms with Gasteiger partial charge in [0.25, 0.3) is 0 Å². The van der Waals surface area contributed by atoms with E-state index in [1.165, 1.54) is 0 Å². The fraction of sp³-hybridized carbons (Fsp3) is 0.533. The molecule has 2 amide bonds. The summed E-state index contributed by atoms with van der Waals surface area (Å²) in [5, 5.41) is 0. The summed E-state index contributed by atoms with van der Waals surface area (Å²) in [5.74, 6) is -3.37. The largest absolute Gasteiger partial charge is 0.481 e. The van der Waals surface area contributed by atoms with E-state index in [9.17, 15) is 28.5 Å². The normalized spacial score (nSPS) is 33.8. The van der Waals surface area contributed by atoms with Gasteiger partial charge in [-0.1, -0.05) is 24.3 Å². The van der Waals surface area contributed by atoms with Crippen molar-refractivity contribution in [1.82, 2.24) is 0 Å². The number of phosphoric acid groups is 2. The second-order valence-corrected chi connectivity index (χ2v) is 16.0. The highest BCUT2D eigenvalue weighted by molar-refractivity contribution is 7.61. The molecule has 268 valence electrons. The number of ether oxygens (including phenoxy) is 6. The fourth-order valence-electron chi connectivity index (χ4n) is 6.42. The lowest BCUT2D eigenvalue weighted by molar-refractivity contribution is -0.190. The minimum Gasteiger partial charge on any atom is -0.366 e. The number of phosphoric ester groups is 2. The van der Waals surface area contributed by atoms with E-state index in [2.05, 4.69) is 4.31 Å². The molecule has 2 aromatic rings. The third-order valence-corrected chi connectivity index (χ3v) is 10.9. The molecular weight excluding hydrogens is 690 g/mol. The van der Waals surface area contributed by atoms with Crippen molar-refractivity contribution >= 4 is 27.5 Å². The van der Waals surface area contributed by atoms with Crippen LogP contribution < -0.4 is 11.5 Å². The number of hydrogen-bond acceptors (Lipinski definition) is 13. The van der Waals surface area contributed by atoms with Crippen molar-refractivity contribution in [1.29, 1.82) is 0 Å². The topological polar surface area (TPSA) is 244 Å². The summed E-state index contributed by atoms with van der Waals surface area (Å²) in [4.78, 5) is 44.3. The molecular formula is C30H38N2O15P2. The first kappa shape index (κ1) is 36.2. The average Bonchev–Trinajstić information content (AvgIpc) is 3.70. The molecule has 0 radical (unpaired) electrons. The Morgan fingerprint density at radius 1 is 0.694 bits per heavy atom. The van der Waals surface area contributed by atoms with Gasteiger partial charge in [0, 0.05) is 11.1 Å². The van der Waals surface area contributed by atoms with E-state index in [-0.39, 0.29) is 11.1 Å². The van der Waals surface area contributed by atoms with E-state index in [1.54, 1.807) is 76.2 Å². The summed E-state index contributed by atoms with van der Waals surface area (Å²) >= 11 is 0.